The van der Waals surface area contributed by atoms with E-state index in [4.69, 9.17) is 21.6 Å². The number of halogens is 1. The zero-order valence-electron chi connectivity index (χ0n) is 38.4. The molecule has 0 radical (unpaired) electrons. The van der Waals surface area contributed by atoms with Crippen molar-refractivity contribution in [1.29, 1.82) is 0 Å². The molecule has 10 rings (SSSR count). The summed E-state index contributed by atoms with van der Waals surface area (Å²) in [5.41, 5.74) is 9.75. The van der Waals surface area contributed by atoms with Crippen LogP contribution in [-0.2, 0) is 25.5 Å². The van der Waals surface area contributed by atoms with E-state index in [2.05, 4.69) is 62.8 Å². The van der Waals surface area contributed by atoms with Gasteiger partial charge < -0.3 is 32.6 Å². The van der Waals surface area contributed by atoms with Crippen LogP contribution in [0.25, 0.3) is 34.0 Å². The number of hydrogen-bond donors (Lipinski definition) is 2. The number of aromatic nitrogens is 6. The van der Waals surface area contributed by atoms with Gasteiger partial charge in [-0.15, -0.1) is 11.8 Å². The first-order valence-electron chi connectivity index (χ1n) is 22.3. The van der Waals surface area contributed by atoms with Crippen molar-refractivity contribution in [2.75, 3.05) is 49.5 Å². The predicted octanol–water partition coefficient (Wildman–Crippen LogP) is 5.19. The summed E-state index contributed by atoms with van der Waals surface area (Å²) in [4.78, 5) is 49.6. The summed E-state index contributed by atoms with van der Waals surface area (Å²) in [5, 5.41) is 23.7. The molecule has 4 aromatic heterocycles. The molecule has 4 atom stereocenters. The Morgan fingerprint density at radius 1 is 0.682 bits per heavy atom. The minimum atomic E-state index is -0.506. The van der Waals surface area contributed by atoms with Gasteiger partial charge in [-0.05, 0) is 91.3 Å². The molecule has 2 aromatic carbocycles. The van der Waals surface area contributed by atoms with E-state index in [0.29, 0.717) is 34.3 Å². The summed E-state index contributed by atoms with van der Waals surface area (Å²) < 4.78 is 3.31. The number of benzene rings is 2. The number of aliphatic hydroxyl groups is 2. The Hall–Kier alpha value is -3.99. The van der Waals surface area contributed by atoms with Crippen molar-refractivity contribution in [2.24, 2.45) is 0 Å². The SMILES string of the molecule is CN1CC=Cc2c(Cc3ccc(Cl)nc3)cc3c(=O)n([C@H]4CCCC[C@@H]4O)cnc3c21.CSc1ccc(Cc2cc3c(=O)n([C@H]4CCCC[C@@H]4O)cnc3c3c2C=CCN3C)cn1.C[S-].[Na+]. The molecule has 66 heavy (non-hydrogen) atoms. The van der Waals surface area contributed by atoms with Crippen LogP contribution in [0.2, 0.25) is 5.15 Å². The number of nitrogens with zero attached hydrogens (tertiary/aromatic N) is 8. The maximum absolute atomic E-state index is 13.6. The summed E-state index contributed by atoms with van der Waals surface area (Å²) in [5.74, 6) is 0. The molecule has 12 nitrogen and oxygen atoms in total. The van der Waals surface area contributed by atoms with Crippen molar-refractivity contribution < 1.29 is 39.8 Å². The van der Waals surface area contributed by atoms with Gasteiger partial charge in [0, 0.05) is 50.7 Å². The van der Waals surface area contributed by atoms with Crippen LogP contribution in [0.3, 0.4) is 0 Å². The topological polar surface area (TPSA) is 142 Å². The number of aliphatic hydroxyl groups excluding tert-OH is 2. The summed E-state index contributed by atoms with van der Waals surface area (Å²) in [6, 6.07) is 11.4. The molecule has 0 saturated heterocycles. The van der Waals surface area contributed by atoms with Crippen LogP contribution in [-0.4, -0.2) is 91.2 Å². The van der Waals surface area contributed by atoms with Gasteiger partial charge in [0.15, 0.2) is 0 Å². The molecule has 340 valence electrons. The molecule has 2 N–H and O–H groups in total. The number of thioether (sulfide) groups is 1. The standard InChI is InChI=1S/C25H28N4O2S.C24H25ClN4O2.CH4S.Na/c1-28-11-5-6-18-17(12-16-9-10-22(32-2)26-14-16)13-19-23(24(18)28)27-15-29(25(19)31)20-7-3-4-8-21(20)30;1-28-10-4-5-17-16(11-15-8-9-21(25)26-13-15)12-18-22(23(17)28)27-14-29(24(18)31)19-6-2-3-7-20(19)30;1-2;/h5-6,9-10,13-15,20-21,30H,3-4,7-8,11-12H2,1-2H3;4-5,8-9,12-14,19-20,30H,2-3,6-7,10-11H2,1H3;2H,1H3;/q;;;+1/p-1/t20-,21-;19-,20-;;/m00../s1. The van der Waals surface area contributed by atoms with E-state index in [1.165, 1.54) is 0 Å². The zero-order valence-corrected chi connectivity index (χ0v) is 42.7. The molecular formula is C50H56ClN8NaO4S2. The van der Waals surface area contributed by atoms with Crippen LogP contribution in [0, 0.1) is 0 Å². The van der Waals surface area contributed by atoms with E-state index in [1.54, 1.807) is 52.1 Å². The molecule has 2 saturated carbocycles. The number of hydrogen-bond acceptors (Lipinski definition) is 12. The molecular weight excluding hydrogens is 899 g/mol. The maximum atomic E-state index is 13.6. The number of pyridine rings is 2. The predicted molar refractivity (Wildman–Crippen MR) is 268 cm³/mol. The Labute approximate surface area is 422 Å². The Morgan fingerprint density at radius 2 is 1.14 bits per heavy atom. The first-order chi connectivity index (χ1) is 31.6. The van der Waals surface area contributed by atoms with Gasteiger partial charge in [0.25, 0.3) is 11.1 Å². The van der Waals surface area contributed by atoms with Crippen molar-refractivity contribution in [3.05, 3.63) is 133 Å². The summed E-state index contributed by atoms with van der Waals surface area (Å²) >= 11 is 11.7. The van der Waals surface area contributed by atoms with Gasteiger partial charge in [0.1, 0.15) is 16.2 Å². The Bertz CT molecular complexity index is 2860. The summed E-state index contributed by atoms with van der Waals surface area (Å²) in [6.07, 6.45) is 26.5. The second-order valence-corrected chi connectivity index (χ2v) is 18.5. The van der Waals surface area contributed by atoms with E-state index in [9.17, 15) is 19.8 Å². The van der Waals surface area contributed by atoms with Crippen molar-refractivity contribution in [2.45, 2.75) is 93.5 Å². The van der Waals surface area contributed by atoms with E-state index in [1.807, 2.05) is 50.8 Å². The van der Waals surface area contributed by atoms with Crippen LogP contribution >= 0.6 is 23.4 Å². The Kier molecular flexibility index (Phi) is 16.9. The largest absolute Gasteiger partial charge is 1.00 e. The van der Waals surface area contributed by atoms with E-state index >= 15 is 0 Å². The van der Waals surface area contributed by atoms with Crippen molar-refractivity contribution in [3.8, 4) is 0 Å². The van der Waals surface area contributed by atoms with Crippen LogP contribution in [0.5, 0.6) is 0 Å². The summed E-state index contributed by atoms with van der Waals surface area (Å²) in [7, 11) is 4.06. The third-order valence-electron chi connectivity index (χ3n) is 13.1. The Balaban J connectivity index is 0.000000187. The molecule has 6 aromatic rings. The van der Waals surface area contributed by atoms with Crippen molar-refractivity contribution >= 4 is 81.3 Å². The number of likely N-dealkylation sites (N-methyl/N-ethyl adjacent to an activating group) is 2. The van der Waals surface area contributed by atoms with E-state index in [0.717, 1.165) is 120 Å². The van der Waals surface area contributed by atoms with E-state index in [-0.39, 0.29) is 52.8 Å². The minimum absolute atomic E-state index is 0. The van der Waals surface area contributed by atoms with Crippen LogP contribution in [0.15, 0.2) is 88.2 Å². The van der Waals surface area contributed by atoms with Crippen molar-refractivity contribution in [1.82, 2.24) is 29.1 Å². The number of rotatable bonds is 7. The third-order valence-corrected chi connectivity index (χ3v) is 14.0. The maximum Gasteiger partial charge on any atom is 1.00 e. The quantitative estimate of drug-likeness (QED) is 0.0943. The second-order valence-electron chi connectivity index (χ2n) is 17.3. The fraction of sp³-hybridized carbons (Fsp3) is 0.400. The van der Waals surface area contributed by atoms with Gasteiger partial charge in [-0.25, -0.2) is 19.9 Å². The summed E-state index contributed by atoms with van der Waals surface area (Å²) in [6.45, 7) is 1.54. The number of fused-ring (bicyclic) bond motifs is 6. The van der Waals surface area contributed by atoms with Gasteiger partial charge in [-0.2, -0.15) is 6.26 Å². The van der Waals surface area contributed by atoms with Gasteiger partial charge in [0.2, 0.25) is 0 Å². The van der Waals surface area contributed by atoms with Crippen LogP contribution < -0.4 is 50.5 Å². The fourth-order valence-corrected chi connectivity index (χ4v) is 10.3. The average Bonchev–Trinajstić information content (AvgIpc) is 3.32. The molecule has 0 unspecified atom stereocenters. The van der Waals surface area contributed by atoms with E-state index < -0.39 is 12.2 Å². The monoisotopic (exact) mass is 954 g/mol. The molecule has 2 aliphatic carbocycles. The normalized spacial score (nSPS) is 19.8. The fourth-order valence-electron chi connectivity index (χ4n) is 9.83. The van der Waals surface area contributed by atoms with Gasteiger partial charge in [0.05, 0.1) is 64.1 Å². The number of anilines is 2. The molecule has 6 heterocycles. The molecule has 0 bridgehead atoms. The molecule has 4 aliphatic rings. The molecule has 2 aliphatic heterocycles. The van der Waals surface area contributed by atoms with Gasteiger partial charge in [-0.3, -0.25) is 18.7 Å². The Morgan fingerprint density at radius 3 is 1.55 bits per heavy atom. The average molecular weight is 956 g/mol. The van der Waals surface area contributed by atoms with Crippen LogP contribution in [0.4, 0.5) is 11.4 Å². The molecule has 2 fully saturated rings. The second kappa shape index (κ2) is 22.4. The molecule has 0 amide bonds. The molecule has 16 heteroatoms. The molecule has 0 spiro atoms. The van der Waals surface area contributed by atoms with Gasteiger partial charge in [-0.1, -0.05) is 73.7 Å². The van der Waals surface area contributed by atoms with Crippen LogP contribution in [0.1, 0.15) is 96.8 Å². The van der Waals surface area contributed by atoms with Gasteiger partial charge >= 0.3 is 29.6 Å². The first kappa shape index (κ1) is 49.9. The third kappa shape index (κ3) is 10.4. The minimum Gasteiger partial charge on any atom is -0.796 e. The smallest absolute Gasteiger partial charge is 0.796 e. The first-order valence-corrected chi connectivity index (χ1v) is 24.8. The van der Waals surface area contributed by atoms with Crippen molar-refractivity contribution in [3.63, 3.8) is 0 Å². The zero-order chi connectivity index (χ0) is 45.8.